The Bertz CT molecular complexity index is 891. The van der Waals surface area contributed by atoms with Crippen molar-refractivity contribution in [2.45, 2.75) is 119 Å². The highest BCUT2D eigenvalue weighted by atomic mass is 16.5. The fraction of sp³-hybridized carbons (Fsp3) is 0.906. The van der Waals surface area contributed by atoms with Gasteiger partial charge in [-0.1, -0.05) is 46.8 Å². The highest BCUT2D eigenvalue weighted by Gasteiger charge is 2.71. The third-order valence-electron chi connectivity index (χ3n) is 13.8. The minimum absolute atomic E-state index is 0.0207. The van der Waals surface area contributed by atoms with Gasteiger partial charge in [0, 0.05) is 18.9 Å². The maximum Gasteiger partial charge on any atom is 0.302 e. The Kier molecular flexibility index (Phi) is 5.96. The number of hydrogen-bond acceptors (Lipinski definition) is 3. The van der Waals surface area contributed by atoms with E-state index in [4.69, 9.17) is 4.74 Å². The van der Waals surface area contributed by atoms with Gasteiger partial charge in [0.05, 0.1) is 0 Å². The second kappa shape index (κ2) is 8.08. The Morgan fingerprint density at radius 3 is 2.20 bits per heavy atom. The minimum Gasteiger partial charge on any atom is -0.462 e. The van der Waals surface area contributed by atoms with Crippen LogP contribution < -0.4 is 0 Å². The van der Waals surface area contributed by atoms with Crippen LogP contribution in [0.5, 0.6) is 0 Å². The third kappa shape index (κ3) is 3.28. The van der Waals surface area contributed by atoms with Gasteiger partial charge in [-0.15, -0.1) is 0 Å². The van der Waals surface area contributed by atoms with Crippen molar-refractivity contribution in [3.63, 3.8) is 0 Å². The summed E-state index contributed by atoms with van der Waals surface area (Å²) in [6.45, 7) is 21.3. The Balaban J connectivity index is 1.51. The van der Waals surface area contributed by atoms with Crippen molar-refractivity contribution in [3.8, 4) is 0 Å². The number of carbonyl (C=O) groups is 1. The van der Waals surface area contributed by atoms with Crippen molar-refractivity contribution < 1.29 is 14.6 Å². The Morgan fingerprint density at radius 2 is 1.57 bits per heavy atom. The topological polar surface area (TPSA) is 46.5 Å². The van der Waals surface area contributed by atoms with Gasteiger partial charge in [-0.3, -0.25) is 4.79 Å². The molecule has 0 aliphatic heterocycles. The fourth-order valence-corrected chi connectivity index (χ4v) is 11.9. The zero-order valence-corrected chi connectivity index (χ0v) is 23.7. The molecule has 10 atom stereocenters. The van der Waals surface area contributed by atoms with Gasteiger partial charge < -0.3 is 9.84 Å². The SMILES string of the molecule is C=C(C)C1CCC2(CO)CC[C@]3(C)C(CCC4[C@@]5(C)CC[C@H](OC(C)=O)C(C)(C)C5CC[C@]43C)C12. The molecular weight excluding hydrogens is 432 g/mol. The van der Waals surface area contributed by atoms with Crippen molar-refractivity contribution >= 4 is 5.97 Å². The van der Waals surface area contributed by atoms with Crippen molar-refractivity contribution in [2.75, 3.05) is 6.61 Å². The van der Waals surface area contributed by atoms with Crippen LogP contribution in [-0.2, 0) is 9.53 Å². The summed E-state index contributed by atoms with van der Waals surface area (Å²) in [6, 6.07) is 0. The van der Waals surface area contributed by atoms with Crippen molar-refractivity contribution in [2.24, 2.45) is 56.7 Å². The molecule has 0 aromatic rings. The van der Waals surface area contributed by atoms with E-state index in [-0.39, 0.29) is 22.9 Å². The first-order valence-electron chi connectivity index (χ1n) is 14.7. The Hall–Kier alpha value is -0.830. The van der Waals surface area contributed by atoms with Crippen LogP contribution in [0.25, 0.3) is 0 Å². The standard InChI is InChI=1S/C32H52O3/c1-20(2)22-11-16-32(19-33)18-17-30(7)23(27(22)32)9-10-25-29(6)14-13-26(35-21(3)34)28(4,5)24(29)12-15-31(25,30)8/h22-27,33H,1,9-19H2,2-8H3/t22?,23?,24?,25?,26-,27?,29-,30+,31+,32?/m0/s1. The number of aliphatic hydroxyl groups excluding tert-OH is 1. The second-order valence-corrected chi connectivity index (χ2v) is 15.2. The van der Waals surface area contributed by atoms with Crippen LogP contribution in [0.2, 0.25) is 0 Å². The molecule has 1 N–H and O–H groups in total. The number of aliphatic hydroxyl groups is 1. The number of esters is 1. The van der Waals surface area contributed by atoms with Gasteiger partial charge in [0.1, 0.15) is 6.10 Å². The first kappa shape index (κ1) is 25.8. The third-order valence-corrected chi connectivity index (χ3v) is 13.8. The zero-order chi connectivity index (χ0) is 25.6. The maximum atomic E-state index is 11.9. The molecule has 0 saturated heterocycles. The van der Waals surface area contributed by atoms with E-state index in [9.17, 15) is 9.90 Å². The van der Waals surface area contributed by atoms with Crippen LogP contribution in [0.15, 0.2) is 12.2 Å². The molecule has 5 aliphatic rings. The summed E-state index contributed by atoms with van der Waals surface area (Å²) >= 11 is 0. The number of fused-ring (bicyclic) bond motifs is 7. The summed E-state index contributed by atoms with van der Waals surface area (Å²) < 4.78 is 5.90. The molecule has 0 spiro atoms. The summed E-state index contributed by atoms with van der Waals surface area (Å²) in [5.74, 6) is 3.07. The van der Waals surface area contributed by atoms with Crippen LogP contribution in [-0.4, -0.2) is 23.8 Å². The van der Waals surface area contributed by atoms with Crippen LogP contribution in [0.3, 0.4) is 0 Å². The number of carbonyl (C=O) groups excluding carboxylic acids is 1. The molecule has 0 radical (unpaired) electrons. The second-order valence-electron chi connectivity index (χ2n) is 15.2. The van der Waals surface area contributed by atoms with E-state index >= 15 is 0 Å². The molecule has 5 fully saturated rings. The lowest BCUT2D eigenvalue weighted by Gasteiger charge is -2.73. The van der Waals surface area contributed by atoms with Crippen molar-refractivity contribution in [3.05, 3.63) is 12.2 Å². The highest BCUT2D eigenvalue weighted by Crippen LogP contribution is 2.77. The van der Waals surface area contributed by atoms with Gasteiger partial charge >= 0.3 is 5.97 Å². The van der Waals surface area contributed by atoms with Gasteiger partial charge in [0.2, 0.25) is 0 Å². The average Bonchev–Trinajstić information content (AvgIpc) is 3.16. The minimum atomic E-state index is -0.126. The van der Waals surface area contributed by atoms with E-state index in [0.29, 0.717) is 46.5 Å². The quantitative estimate of drug-likeness (QED) is 0.332. The lowest BCUT2D eigenvalue weighted by molar-refractivity contribution is -0.251. The molecule has 5 aliphatic carbocycles. The van der Waals surface area contributed by atoms with Crippen LogP contribution in [0, 0.1) is 56.7 Å². The molecule has 0 aromatic carbocycles. The molecule has 0 aromatic heterocycles. The zero-order valence-electron chi connectivity index (χ0n) is 23.7. The molecule has 6 unspecified atom stereocenters. The van der Waals surface area contributed by atoms with Gasteiger partial charge in [-0.05, 0) is 122 Å². The van der Waals surface area contributed by atoms with E-state index in [2.05, 4.69) is 48.1 Å². The molecule has 3 heteroatoms. The number of rotatable bonds is 3. The van der Waals surface area contributed by atoms with Gasteiger partial charge in [0.25, 0.3) is 0 Å². The van der Waals surface area contributed by atoms with E-state index < -0.39 is 0 Å². The Morgan fingerprint density at radius 1 is 0.857 bits per heavy atom. The molecule has 3 nitrogen and oxygen atoms in total. The first-order chi connectivity index (χ1) is 16.3. The number of ether oxygens (including phenoxy) is 1. The number of allylic oxidation sites excluding steroid dienone is 1. The van der Waals surface area contributed by atoms with Crippen LogP contribution in [0.1, 0.15) is 113 Å². The average molecular weight is 485 g/mol. The normalized spacial score (nSPS) is 52.5. The van der Waals surface area contributed by atoms with Crippen LogP contribution >= 0.6 is 0 Å². The molecule has 0 bridgehead atoms. The predicted octanol–water partition coefficient (Wildman–Crippen LogP) is 7.57. The van der Waals surface area contributed by atoms with E-state index in [0.717, 1.165) is 12.3 Å². The molecule has 0 amide bonds. The molecular formula is C32H52O3. The smallest absolute Gasteiger partial charge is 0.302 e. The Labute approximate surface area is 214 Å². The molecule has 5 saturated carbocycles. The van der Waals surface area contributed by atoms with Gasteiger partial charge in [-0.2, -0.15) is 0 Å². The van der Waals surface area contributed by atoms with Crippen LogP contribution in [0.4, 0.5) is 0 Å². The fourth-order valence-electron chi connectivity index (χ4n) is 11.9. The summed E-state index contributed by atoms with van der Waals surface area (Å²) in [5.41, 5.74) is 2.45. The summed E-state index contributed by atoms with van der Waals surface area (Å²) in [7, 11) is 0. The highest BCUT2D eigenvalue weighted by molar-refractivity contribution is 5.66. The maximum absolute atomic E-state index is 11.9. The first-order valence-corrected chi connectivity index (χ1v) is 14.7. The van der Waals surface area contributed by atoms with Crippen molar-refractivity contribution in [1.82, 2.24) is 0 Å². The molecule has 0 heterocycles. The molecule has 198 valence electrons. The molecule has 5 rings (SSSR count). The lowest BCUT2D eigenvalue weighted by Crippen LogP contribution is -2.67. The van der Waals surface area contributed by atoms with Gasteiger partial charge in [-0.25, -0.2) is 0 Å². The molecule has 35 heavy (non-hydrogen) atoms. The van der Waals surface area contributed by atoms with E-state index in [1.807, 2.05) is 0 Å². The lowest BCUT2D eigenvalue weighted by atomic mass is 9.32. The van der Waals surface area contributed by atoms with Crippen molar-refractivity contribution in [1.29, 1.82) is 0 Å². The summed E-state index contributed by atoms with van der Waals surface area (Å²) in [5, 5.41) is 10.7. The largest absolute Gasteiger partial charge is 0.462 e. The summed E-state index contributed by atoms with van der Waals surface area (Å²) in [4.78, 5) is 11.9. The van der Waals surface area contributed by atoms with E-state index in [1.165, 1.54) is 63.4 Å². The predicted molar refractivity (Wildman–Crippen MR) is 142 cm³/mol. The number of hydrogen-bond donors (Lipinski definition) is 1. The summed E-state index contributed by atoms with van der Waals surface area (Å²) in [6.07, 6.45) is 12.2. The van der Waals surface area contributed by atoms with E-state index in [1.54, 1.807) is 6.92 Å². The monoisotopic (exact) mass is 484 g/mol. The van der Waals surface area contributed by atoms with Gasteiger partial charge in [0.15, 0.2) is 0 Å².